The van der Waals surface area contributed by atoms with E-state index in [-0.39, 0.29) is 0 Å². The molecule has 3 aromatic carbocycles. The molecule has 0 bridgehead atoms. The van der Waals surface area contributed by atoms with Crippen molar-refractivity contribution in [1.29, 1.82) is 0 Å². The molecule has 1 aliphatic heterocycles. The van der Waals surface area contributed by atoms with Gasteiger partial charge in [-0.05, 0) is 0 Å². The summed E-state index contributed by atoms with van der Waals surface area (Å²) in [7, 11) is 14.7. The first kappa shape index (κ1) is 24.3. The quantitative estimate of drug-likeness (QED) is 0.307. The first-order chi connectivity index (χ1) is 15.6. The molecule has 0 atom stereocenters. The molecule has 33 heavy (non-hydrogen) atoms. The molecule has 2 nitrogen and oxygen atoms in total. The van der Waals surface area contributed by atoms with Gasteiger partial charge in [-0.2, -0.15) is 0 Å². The summed E-state index contributed by atoms with van der Waals surface area (Å²) in [5, 5.41) is 0. The topological polar surface area (TPSA) is 6.48 Å². The average Bonchev–Trinajstić information content (AvgIpc) is 3.22. The molecule has 1 heterocycles. The molecule has 0 unspecified atom stereocenters. The van der Waals surface area contributed by atoms with Crippen molar-refractivity contribution >= 4 is 39.7 Å². The summed E-state index contributed by atoms with van der Waals surface area (Å²) in [5.41, 5.74) is 11.3. The molecule has 4 rings (SSSR count). The van der Waals surface area contributed by atoms with Gasteiger partial charge >= 0.3 is 210 Å². The van der Waals surface area contributed by atoms with E-state index in [1.807, 2.05) is 18.2 Å². The van der Waals surface area contributed by atoms with E-state index in [9.17, 15) is 0 Å². The monoisotopic (exact) mass is 568 g/mol. The van der Waals surface area contributed by atoms with Gasteiger partial charge in [0.15, 0.2) is 0 Å². The van der Waals surface area contributed by atoms with Crippen LogP contribution in [0.3, 0.4) is 0 Å². The zero-order chi connectivity index (χ0) is 23.9. The van der Waals surface area contributed by atoms with Gasteiger partial charge in [-0.1, -0.05) is 0 Å². The third-order valence-electron chi connectivity index (χ3n) is 6.88. The Bertz CT molecular complexity index is 1260. The normalized spacial score (nSPS) is 14.7. The van der Waals surface area contributed by atoms with Crippen LogP contribution >= 0.6 is 19.4 Å². The standard InChI is InChI=1S/C21H26N2.C7H6.2ClH.Ru/c1-14-7-9-20(18(5)16(14)3)22-11-12-23(13-22)21-10-8-15(2)17(4)19(21)6;1-7-5-3-2-4-6-7;;;/h7-10H,11-12H2,1-6H3;1-6H;2*1H;/q;;;;+2/p-2. The summed E-state index contributed by atoms with van der Waals surface area (Å²) in [5.74, 6) is 0. The van der Waals surface area contributed by atoms with E-state index in [2.05, 4.69) is 92.3 Å². The molecular weight excluding hydrogens is 536 g/mol. The number of hydrogen-bond acceptors (Lipinski definition) is 2. The Morgan fingerprint density at radius 3 is 1.55 bits per heavy atom. The van der Waals surface area contributed by atoms with Crippen LogP contribution < -0.4 is 9.80 Å². The van der Waals surface area contributed by atoms with Gasteiger partial charge in [0.1, 0.15) is 0 Å². The van der Waals surface area contributed by atoms with Crippen LogP contribution in [0.15, 0.2) is 54.6 Å². The van der Waals surface area contributed by atoms with Crippen LogP contribution in [0.5, 0.6) is 0 Å². The number of nitrogens with zero attached hydrogens (tertiary/aromatic N) is 2. The molecule has 0 radical (unpaired) electrons. The van der Waals surface area contributed by atoms with Crippen LogP contribution in [0, 0.1) is 41.5 Å². The second-order valence-corrected chi connectivity index (χ2v) is 18.1. The van der Waals surface area contributed by atoms with Crippen molar-refractivity contribution in [2.75, 3.05) is 22.9 Å². The van der Waals surface area contributed by atoms with Crippen LogP contribution in [-0.4, -0.2) is 22.1 Å². The van der Waals surface area contributed by atoms with E-state index >= 15 is 0 Å². The van der Waals surface area contributed by atoms with Gasteiger partial charge in [0.2, 0.25) is 0 Å². The van der Waals surface area contributed by atoms with Crippen LogP contribution in [0.1, 0.15) is 38.9 Å². The number of anilines is 2. The van der Waals surface area contributed by atoms with Crippen molar-refractivity contribution in [3.63, 3.8) is 0 Å². The Labute approximate surface area is 208 Å². The summed E-state index contributed by atoms with van der Waals surface area (Å²) in [6, 6.07) is 19.1. The number of benzene rings is 3. The third kappa shape index (κ3) is 4.61. The van der Waals surface area contributed by atoms with Crippen molar-refractivity contribution in [1.82, 2.24) is 0 Å². The van der Waals surface area contributed by atoms with E-state index < -0.39 is 11.9 Å². The van der Waals surface area contributed by atoms with Gasteiger partial charge in [0.05, 0.1) is 0 Å². The molecule has 0 aromatic heterocycles. The number of aryl methyl sites for hydroxylation is 2. The SMILES string of the molecule is Cc1ccc(N2CCN(c3ccc(C)c(C)c3C)[C]2=[Ru]([Cl])([Cl])=[CH]c2ccccc2)c(C)c1C. The third-order valence-corrected chi connectivity index (χ3v) is 12.4. The number of hydrogen-bond donors (Lipinski definition) is 0. The minimum atomic E-state index is -3.43. The van der Waals surface area contributed by atoms with Crippen LogP contribution in [0.4, 0.5) is 11.4 Å². The number of rotatable bonds is 3. The molecule has 0 aliphatic carbocycles. The fourth-order valence-electron chi connectivity index (χ4n) is 4.40. The molecule has 1 saturated heterocycles. The zero-order valence-electron chi connectivity index (χ0n) is 20.2. The fourth-order valence-corrected chi connectivity index (χ4v) is 10.5. The predicted octanol–water partition coefficient (Wildman–Crippen LogP) is 7.26. The Kier molecular flexibility index (Phi) is 6.97. The van der Waals surface area contributed by atoms with Crippen molar-refractivity contribution in [2.45, 2.75) is 41.5 Å². The van der Waals surface area contributed by atoms with E-state index in [0.717, 1.165) is 23.0 Å². The fraction of sp³-hybridized carbons (Fsp3) is 0.286. The van der Waals surface area contributed by atoms with Gasteiger partial charge in [0.25, 0.3) is 0 Å². The van der Waals surface area contributed by atoms with E-state index in [1.54, 1.807) is 0 Å². The van der Waals surface area contributed by atoms with Gasteiger partial charge < -0.3 is 0 Å². The molecule has 0 amide bonds. The van der Waals surface area contributed by atoms with Crippen LogP contribution in [-0.2, 0) is 11.9 Å². The average molecular weight is 569 g/mol. The Hall–Kier alpha value is -1.80. The van der Waals surface area contributed by atoms with E-state index in [1.165, 1.54) is 44.8 Å². The summed E-state index contributed by atoms with van der Waals surface area (Å²) < 4.78 is 3.17. The Balaban J connectivity index is 2.00. The van der Waals surface area contributed by atoms with Gasteiger partial charge in [-0.15, -0.1) is 0 Å². The molecule has 3 aromatic rings. The Morgan fingerprint density at radius 2 is 1.09 bits per heavy atom. The first-order valence-corrected chi connectivity index (χ1v) is 17.5. The molecule has 0 saturated carbocycles. The van der Waals surface area contributed by atoms with Crippen molar-refractivity contribution < 1.29 is 11.9 Å². The maximum atomic E-state index is 7.37. The molecule has 1 aliphatic rings. The van der Waals surface area contributed by atoms with Crippen LogP contribution in [0.25, 0.3) is 0 Å². The Morgan fingerprint density at radius 1 is 0.636 bits per heavy atom. The van der Waals surface area contributed by atoms with Gasteiger partial charge in [-0.3, -0.25) is 0 Å². The predicted molar refractivity (Wildman–Crippen MR) is 144 cm³/mol. The molecule has 176 valence electrons. The summed E-state index contributed by atoms with van der Waals surface area (Å²) >= 11 is -3.43. The maximum absolute atomic E-state index is 7.37. The summed E-state index contributed by atoms with van der Waals surface area (Å²) in [6.07, 6.45) is 0. The second-order valence-electron chi connectivity index (χ2n) is 8.82. The number of halogens is 2. The van der Waals surface area contributed by atoms with Crippen molar-refractivity contribution in [3.05, 3.63) is 93.5 Å². The van der Waals surface area contributed by atoms with Crippen molar-refractivity contribution in [2.24, 2.45) is 0 Å². The molecule has 0 N–H and O–H groups in total. The first-order valence-electron chi connectivity index (χ1n) is 11.2. The molecular formula is C28H32Cl2N2Ru. The minimum absolute atomic E-state index is 0.857. The zero-order valence-corrected chi connectivity index (χ0v) is 23.4. The molecule has 0 spiro atoms. The van der Waals surface area contributed by atoms with Gasteiger partial charge in [0, 0.05) is 0 Å². The second kappa shape index (κ2) is 9.45. The van der Waals surface area contributed by atoms with Crippen LogP contribution in [0.2, 0.25) is 0 Å². The van der Waals surface area contributed by atoms with E-state index in [0.29, 0.717) is 0 Å². The summed E-state index contributed by atoms with van der Waals surface area (Å²) in [4.78, 5) is 4.75. The van der Waals surface area contributed by atoms with Gasteiger partial charge in [-0.25, -0.2) is 0 Å². The molecule has 1 fully saturated rings. The summed E-state index contributed by atoms with van der Waals surface area (Å²) in [6.45, 7) is 14.8. The van der Waals surface area contributed by atoms with Crippen molar-refractivity contribution in [3.8, 4) is 0 Å². The van der Waals surface area contributed by atoms with E-state index in [4.69, 9.17) is 19.4 Å². The molecule has 5 heteroatoms.